The molecule has 1 aromatic rings. The summed E-state index contributed by atoms with van der Waals surface area (Å²) in [5.41, 5.74) is 3.91. The molecule has 0 radical (unpaired) electrons. The second-order valence-corrected chi connectivity index (χ2v) is 4.18. The Morgan fingerprint density at radius 3 is 2.06 bits per heavy atom. The van der Waals surface area contributed by atoms with Gasteiger partial charge < -0.3 is 5.73 Å². The second-order valence-electron chi connectivity index (χ2n) is 4.18. The Morgan fingerprint density at radius 1 is 1.11 bits per heavy atom. The molecule has 1 fully saturated rings. The molecule has 0 aromatic heterocycles. The van der Waals surface area contributed by atoms with Crippen LogP contribution in [0.25, 0.3) is 0 Å². The van der Waals surface area contributed by atoms with Crippen molar-refractivity contribution >= 4 is 11.7 Å². The van der Waals surface area contributed by atoms with Gasteiger partial charge in [-0.25, -0.2) is 0 Å². The summed E-state index contributed by atoms with van der Waals surface area (Å²) in [5.74, 6) is -3.14. The van der Waals surface area contributed by atoms with Gasteiger partial charge in [0, 0.05) is 5.56 Å². The van der Waals surface area contributed by atoms with E-state index in [4.69, 9.17) is 16.3 Å². The molecular formula is C13H9N3O2. The van der Waals surface area contributed by atoms with Crippen molar-refractivity contribution in [1.29, 1.82) is 10.5 Å². The third-order valence-electron chi connectivity index (χ3n) is 3.22. The van der Waals surface area contributed by atoms with Crippen LogP contribution in [0.1, 0.15) is 10.4 Å². The van der Waals surface area contributed by atoms with Crippen molar-refractivity contribution in [3.63, 3.8) is 0 Å². The number of carbonyl (C=O) groups is 2. The maximum Gasteiger partial charge on any atom is 0.224 e. The van der Waals surface area contributed by atoms with Crippen molar-refractivity contribution in [2.45, 2.75) is 0 Å². The number of rotatable bonds is 3. The van der Waals surface area contributed by atoms with Crippen molar-refractivity contribution < 1.29 is 9.59 Å². The number of nitriles is 2. The van der Waals surface area contributed by atoms with Gasteiger partial charge in [0.2, 0.25) is 5.91 Å². The summed E-state index contributed by atoms with van der Waals surface area (Å²) in [6.45, 7) is 0. The Balaban J connectivity index is 2.37. The molecule has 1 aliphatic rings. The van der Waals surface area contributed by atoms with Crippen LogP contribution < -0.4 is 5.73 Å². The standard InChI is InChI=1S/C13H9N3O2/c14-6-13(7-15)9(10(13)12(16)18)11(17)8-4-2-1-3-5-8/h1-5,9-10H,(H2,16,18). The van der Waals surface area contributed by atoms with Crippen molar-refractivity contribution in [2.75, 3.05) is 0 Å². The smallest absolute Gasteiger partial charge is 0.224 e. The number of hydrogen-bond acceptors (Lipinski definition) is 4. The molecule has 5 nitrogen and oxygen atoms in total. The third-order valence-corrected chi connectivity index (χ3v) is 3.22. The van der Waals surface area contributed by atoms with Crippen molar-refractivity contribution in [3.05, 3.63) is 35.9 Å². The Labute approximate surface area is 103 Å². The minimum absolute atomic E-state index is 0.376. The first kappa shape index (κ1) is 11.8. The van der Waals surface area contributed by atoms with Gasteiger partial charge in [-0.15, -0.1) is 0 Å². The van der Waals surface area contributed by atoms with E-state index < -0.39 is 23.2 Å². The molecule has 0 aliphatic heterocycles. The third kappa shape index (κ3) is 1.46. The molecular weight excluding hydrogens is 230 g/mol. The van der Waals surface area contributed by atoms with E-state index in [0.717, 1.165) is 0 Å². The molecule has 1 saturated carbocycles. The summed E-state index contributed by atoms with van der Waals surface area (Å²) >= 11 is 0. The van der Waals surface area contributed by atoms with Crippen LogP contribution in [0.3, 0.4) is 0 Å². The topological polar surface area (TPSA) is 108 Å². The van der Waals surface area contributed by atoms with Crippen molar-refractivity contribution in [3.8, 4) is 12.1 Å². The number of carbonyl (C=O) groups excluding carboxylic acids is 2. The lowest BCUT2D eigenvalue weighted by Crippen LogP contribution is -2.18. The predicted octanol–water partition coefficient (Wildman–Crippen LogP) is 0.634. The van der Waals surface area contributed by atoms with E-state index in [1.54, 1.807) is 42.5 Å². The Hall–Kier alpha value is -2.66. The average Bonchev–Trinajstić information content (AvgIpc) is 3.08. The Bertz CT molecular complexity index is 581. The summed E-state index contributed by atoms with van der Waals surface area (Å²) < 4.78 is 0. The monoisotopic (exact) mass is 239 g/mol. The first-order valence-corrected chi connectivity index (χ1v) is 5.29. The Kier molecular flexibility index (Phi) is 2.61. The van der Waals surface area contributed by atoms with Gasteiger partial charge in [-0.1, -0.05) is 30.3 Å². The highest BCUT2D eigenvalue weighted by Gasteiger charge is 2.73. The molecule has 0 spiro atoms. The highest BCUT2D eigenvalue weighted by atomic mass is 16.2. The maximum atomic E-state index is 12.1. The number of ketones is 1. The fourth-order valence-electron chi connectivity index (χ4n) is 2.22. The molecule has 88 valence electrons. The van der Waals surface area contributed by atoms with Crippen molar-refractivity contribution in [2.24, 2.45) is 23.0 Å². The summed E-state index contributed by atoms with van der Waals surface area (Å²) in [6, 6.07) is 11.8. The number of primary amides is 1. The fraction of sp³-hybridized carbons (Fsp3) is 0.231. The van der Waals surface area contributed by atoms with E-state index in [-0.39, 0.29) is 5.78 Å². The highest BCUT2D eigenvalue weighted by molar-refractivity contribution is 6.06. The molecule has 0 bridgehead atoms. The van der Waals surface area contributed by atoms with Gasteiger partial charge in [0.1, 0.15) is 0 Å². The number of nitrogens with zero attached hydrogens (tertiary/aromatic N) is 2. The van der Waals surface area contributed by atoms with E-state index in [9.17, 15) is 9.59 Å². The molecule has 1 aliphatic carbocycles. The second kappa shape index (κ2) is 3.97. The van der Waals surface area contributed by atoms with Crippen LogP contribution in [-0.2, 0) is 4.79 Å². The van der Waals surface area contributed by atoms with Crippen LogP contribution in [0.2, 0.25) is 0 Å². The zero-order valence-corrected chi connectivity index (χ0v) is 9.33. The van der Waals surface area contributed by atoms with E-state index >= 15 is 0 Å². The summed E-state index contributed by atoms with van der Waals surface area (Å²) in [5, 5.41) is 18.0. The van der Waals surface area contributed by atoms with Gasteiger partial charge in [0.05, 0.1) is 24.0 Å². The van der Waals surface area contributed by atoms with Crippen LogP contribution in [0.5, 0.6) is 0 Å². The largest absolute Gasteiger partial charge is 0.369 e. The molecule has 0 heterocycles. The Morgan fingerprint density at radius 2 is 1.67 bits per heavy atom. The lowest BCUT2D eigenvalue weighted by atomic mass is 10.0. The van der Waals surface area contributed by atoms with E-state index in [1.807, 2.05) is 0 Å². The van der Waals surface area contributed by atoms with Gasteiger partial charge in [0.25, 0.3) is 0 Å². The fourth-order valence-corrected chi connectivity index (χ4v) is 2.22. The van der Waals surface area contributed by atoms with Crippen LogP contribution >= 0.6 is 0 Å². The first-order valence-electron chi connectivity index (χ1n) is 5.29. The summed E-state index contributed by atoms with van der Waals surface area (Å²) in [6.07, 6.45) is 0. The zero-order valence-electron chi connectivity index (χ0n) is 9.33. The van der Waals surface area contributed by atoms with E-state index in [0.29, 0.717) is 5.56 Å². The zero-order chi connectivity index (χ0) is 13.3. The van der Waals surface area contributed by atoms with Crippen LogP contribution in [0.15, 0.2) is 30.3 Å². The normalized spacial score (nSPS) is 23.4. The highest BCUT2D eigenvalue weighted by Crippen LogP contribution is 2.59. The molecule has 1 aromatic carbocycles. The predicted molar refractivity (Wildman–Crippen MR) is 60.6 cm³/mol. The van der Waals surface area contributed by atoms with Gasteiger partial charge in [-0.05, 0) is 0 Å². The lowest BCUT2D eigenvalue weighted by molar-refractivity contribution is -0.119. The first-order chi connectivity index (χ1) is 8.58. The molecule has 2 atom stereocenters. The minimum atomic E-state index is -1.60. The molecule has 5 heteroatoms. The lowest BCUT2D eigenvalue weighted by Gasteiger charge is -1.98. The van der Waals surface area contributed by atoms with Crippen molar-refractivity contribution in [1.82, 2.24) is 0 Å². The molecule has 0 saturated heterocycles. The number of hydrogen-bond donors (Lipinski definition) is 1. The van der Waals surface area contributed by atoms with E-state index in [1.165, 1.54) is 0 Å². The van der Waals surface area contributed by atoms with Crippen LogP contribution in [-0.4, -0.2) is 11.7 Å². The number of amides is 1. The number of Topliss-reactive ketones (excluding diaryl/α,β-unsaturated/α-hetero) is 1. The molecule has 1 amide bonds. The average molecular weight is 239 g/mol. The molecule has 2 N–H and O–H groups in total. The molecule has 18 heavy (non-hydrogen) atoms. The van der Waals surface area contributed by atoms with Crippen LogP contribution in [0, 0.1) is 39.9 Å². The molecule has 2 unspecified atom stereocenters. The van der Waals surface area contributed by atoms with Gasteiger partial charge in [-0.3, -0.25) is 9.59 Å². The number of nitrogens with two attached hydrogens (primary N) is 1. The number of benzene rings is 1. The minimum Gasteiger partial charge on any atom is -0.369 e. The van der Waals surface area contributed by atoms with Gasteiger partial charge >= 0.3 is 0 Å². The SMILES string of the molecule is N#CC1(C#N)C(C(N)=O)C1C(=O)c1ccccc1. The van der Waals surface area contributed by atoms with Gasteiger partial charge in [0.15, 0.2) is 11.2 Å². The summed E-state index contributed by atoms with van der Waals surface area (Å²) in [4.78, 5) is 23.4. The quantitative estimate of drug-likeness (QED) is 0.780. The van der Waals surface area contributed by atoms with Gasteiger partial charge in [-0.2, -0.15) is 10.5 Å². The maximum absolute atomic E-state index is 12.1. The summed E-state index contributed by atoms with van der Waals surface area (Å²) in [7, 11) is 0. The van der Waals surface area contributed by atoms with Crippen LogP contribution in [0.4, 0.5) is 0 Å². The molecule has 2 rings (SSSR count). The van der Waals surface area contributed by atoms with E-state index in [2.05, 4.69) is 0 Å².